The van der Waals surface area contributed by atoms with Crippen molar-refractivity contribution in [3.05, 3.63) is 0 Å². The molecule has 2 atom stereocenters. The number of esters is 1. The van der Waals surface area contributed by atoms with E-state index in [1.807, 2.05) is 20.8 Å². The largest absolute Gasteiger partial charge is 0.459 e. The molecule has 1 aliphatic carbocycles. The molecule has 0 radical (unpaired) electrons. The zero-order chi connectivity index (χ0) is 14.8. The second-order valence-electron chi connectivity index (χ2n) is 7.40. The molecule has 4 nitrogen and oxygen atoms in total. The molecule has 2 fully saturated rings. The molecule has 2 rings (SSSR count). The summed E-state index contributed by atoms with van der Waals surface area (Å²) < 4.78 is 11.6. The van der Waals surface area contributed by atoms with Gasteiger partial charge in [-0.3, -0.25) is 4.79 Å². The van der Waals surface area contributed by atoms with E-state index in [2.05, 4.69) is 0 Å². The number of ether oxygens (including phenoxy) is 2. The summed E-state index contributed by atoms with van der Waals surface area (Å²) in [5, 5.41) is 0. The van der Waals surface area contributed by atoms with Crippen LogP contribution in [-0.4, -0.2) is 29.3 Å². The van der Waals surface area contributed by atoms with Crippen molar-refractivity contribution in [1.82, 2.24) is 0 Å². The van der Waals surface area contributed by atoms with E-state index in [0.717, 1.165) is 12.8 Å². The van der Waals surface area contributed by atoms with Crippen LogP contribution >= 0.6 is 0 Å². The summed E-state index contributed by atoms with van der Waals surface area (Å²) in [5.41, 5.74) is 5.59. The topological polar surface area (TPSA) is 61.5 Å². The van der Waals surface area contributed by atoms with Crippen molar-refractivity contribution in [2.75, 3.05) is 0 Å². The molecule has 2 N–H and O–H groups in total. The Bertz CT molecular complexity index is 342. The van der Waals surface area contributed by atoms with Crippen molar-refractivity contribution in [1.29, 1.82) is 0 Å². The molecule has 1 spiro atoms. The van der Waals surface area contributed by atoms with Gasteiger partial charge < -0.3 is 15.2 Å². The van der Waals surface area contributed by atoms with Crippen molar-refractivity contribution in [3.63, 3.8) is 0 Å². The molecular weight excluding hydrogens is 254 g/mol. The summed E-state index contributed by atoms with van der Waals surface area (Å²) in [5.74, 6) is -0.314. The van der Waals surface area contributed by atoms with E-state index in [9.17, 15) is 4.79 Å². The Hall–Kier alpha value is -0.610. The van der Waals surface area contributed by atoms with Gasteiger partial charge in [0.2, 0.25) is 0 Å². The van der Waals surface area contributed by atoms with Crippen LogP contribution in [0, 0.1) is 0 Å². The first-order valence-electron chi connectivity index (χ1n) is 7.96. The summed E-state index contributed by atoms with van der Waals surface area (Å²) in [6.45, 7) is 5.59. The van der Waals surface area contributed by atoms with E-state index in [0.29, 0.717) is 6.42 Å². The average molecular weight is 283 g/mol. The van der Waals surface area contributed by atoms with Crippen LogP contribution in [0.25, 0.3) is 0 Å². The van der Waals surface area contributed by atoms with Gasteiger partial charge in [-0.25, -0.2) is 0 Å². The lowest BCUT2D eigenvalue weighted by Crippen LogP contribution is -2.40. The molecule has 1 aliphatic heterocycles. The summed E-state index contributed by atoms with van der Waals surface area (Å²) in [7, 11) is 0. The van der Waals surface area contributed by atoms with Gasteiger partial charge in [-0.2, -0.15) is 0 Å². The summed E-state index contributed by atoms with van der Waals surface area (Å²) in [6.07, 6.45) is 9.06. The molecule has 0 amide bonds. The van der Waals surface area contributed by atoms with Gasteiger partial charge >= 0.3 is 5.97 Å². The van der Waals surface area contributed by atoms with E-state index >= 15 is 0 Å². The van der Waals surface area contributed by atoms with E-state index < -0.39 is 11.6 Å². The maximum atomic E-state index is 11.9. The normalized spacial score (nSPS) is 27.5. The van der Waals surface area contributed by atoms with Crippen molar-refractivity contribution in [3.8, 4) is 0 Å². The number of hydrogen-bond acceptors (Lipinski definition) is 4. The monoisotopic (exact) mass is 283 g/mol. The quantitative estimate of drug-likeness (QED) is 0.809. The zero-order valence-corrected chi connectivity index (χ0v) is 13.1. The predicted molar refractivity (Wildman–Crippen MR) is 78.4 cm³/mol. The minimum absolute atomic E-state index is 0.0938. The highest BCUT2D eigenvalue weighted by atomic mass is 16.6. The Morgan fingerprint density at radius 1 is 1.30 bits per heavy atom. The minimum Gasteiger partial charge on any atom is -0.459 e. The standard InChI is InChI=1S/C16H29NO3/c1-15(2,3)20-14(18)13(17)11-12-7-10-16(19-12)8-5-4-6-9-16/h12-13H,4-11,17H2,1-3H3. The number of nitrogens with two attached hydrogens (primary N) is 1. The second-order valence-corrected chi connectivity index (χ2v) is 7.40. The maximum absolute atomic E-state index is 11.9. The van der Waals surface area contributed by atoms with Gasteiger partial charge in [-0.15, -0.1) is 0 Å². The molecule has 1 heterocycles. The number of rotatable bonds is 3. The van der Waals surface area contributed by atoms with Crippen LogP contribution in [0.1, 0.15) is 72.1 Å². The number of carbonyl (C=O) groups is 1. The summed E-state index contributed by atoms with van der Waals surface area (Å²) in [4.78, 5) is 11.9. The lowest BCUT2D eigenvalue weighted by atomic mass is 9.83. The molecule has 1 saturated heterocycles. The van der Waals surface area contributed by atoms with Crippen molar-refractivity contribution < 1.29 is 14.3 Å². The third-order valence-electron chi connectivity index (χ3n) is 4.33. The average Bonchev–Trinajstić information content (AvgIpc) is 2.71. The molecule has 20 heavy (non-hydrogen) atoms. The van der Waals surface area contributed by atoms with E-state index in [-0.39, 0.29) is 17.7 Å². The SMILES string of the molecule is CC(C)(C)OC(=O)C(N)CC1CCC2(CCCCC2)O1. The van der Waals surface area contributed by atoms with Crippen LogP contribution in [-0.2, 0) is 14.3 Å². The van der Waals surface area contributed by atoms with Crippen LogP contribution in [0.15, 0.2) is 0 Å². The molecular formula is C16H29NO3. The molecule has 0 aromatic heterocycles. The van der Waals surface area contributed by atoms with Gasteiger partial charge in [0.1, 0.15) is 11.6 Å². The molecule has 4 heteroatoms. The van der Waals surface area contributed by atoms with Crippen LogP contribution in [0.4, 0.5) is 0 Å². The molecule has 1 saturated carbocycles. The zero-order valence-electron chi connectivity index (χ0n) is 13.1. The van der Waals surface area contributed by atoms with E-state index in [1.165, 1.54) is 32.1 Å². The second kappa shape index (κ2) is 6.02. The molecule has 0 bridgehead atoms. The lowest BCUT2D eigenvalue weighted by Gasteiger charge is -2.33. The third-order valence-corrected chi connectivity index (χ3v) is 4.33. The first kappa shape index (κ1) is 15.8. The fourth-order valence-electron chi connectivity index (χ4n) is 3.38. The van der Waals surface area contributed by atoms with Gasteiger partial charge in [-0.05, 0) is 52.9 Å². The van der Waals surface area contributed by atoms with Gasteiger partial charge in [0, 0.05) is 0 Å². The van der Waals surface area contributed by atoms with Gasteiger partial charge in [0.05, 0.1) is 11.7 Å². The highest BCUT2D eigenvalue weighted by molar-refractivity contribution is 5.75. The lowest BCUT2D eigenvalue weighted by molar-refractivity contribution is -0.158. The predicted octanol–water partition coefficient (Wildman–Crippen LogP) is 2.93. The van der Waals surface area contributed by atoms with E-state index in [4.69, 9.17) is 15.2 Å². The van der Waals surface area contributed by atoms with Gasteiger partial charge in [-0.1, -0.05) is 19.3 Å². The minimum atomic E-state index is -0.571. The van der Waals surface area contributed by atoms with Crippen molar-refractivity contribution >= 4 is 5.97 Å². The Kier molecular flexibility index (Phi) is 4.75. The molecule has 2 aliphatic rings. The molecule has 116 valence electrons. The highest BCUT2D eigenvalue weighted by Gasteiger charge is 2.41. The van der Waals surface area contributed by atoms with Crippen molar-refractivity contribution in [2.45, 2.75) is 95.5 Å². The first-order valence-corrected chi connectivity index (χ1v) is 7.96. The fourth-order valence-corrected chi connectivity index (χ4v) is 3.38. The van der Waals surface area contributed by atoms with Gasteiger partial charge in [0.15, 0.2) is 0 Å². The smallest absolute Gasteiger partial charge is 0.323 e. The number of carbonyl (C=O) groups excluding carboxylic acids is 1. The van der Waals surface area contributed by atoms with Crippen LogP contribution in [0.2, 0.25) is 0 Å². The number of hydrogen-bond donors (Lipinski definition) is 1. The Balaban J connectivity index is 1.81. The van der Waals surface area contributed by atoms with E-state index in [1.54, 1.807) is 0 Å². The first-order chi connectivity index (χ1) is 9.30. The Morgan fingerprint density at radius 3 is 2.55 bits per heavy atom. The Morgan fingerprint density at radius 2 is 1.95 bits per heavy atom. The van der Waals surface area contributed by atoms with Crippen molar-refractivity contribution in [2.24, 2.45) is 5.73 Å². The molecule has 0 aromatic rings. The fraction of sp³-hybridized carbons (Fsp3) is 0.938. The Labute approximate surface area is 122 Å². The molecule has 0 aromatic carbocycles. The van der Waals surface area contributed by atoms with Crippen LogP contribution < -0.4 is 5.73 Å². The highest BCUT2D eigenvalue weighted by Crippen LogP contribution is 2.42. The van der Waals surface area contributed by atoms with Gasteiger partial charge in [0.25, 0.3) is 0 Å². The van der Waals surface area contributed by atoms with Crippen LogP contribution in [0.5, 0.6) is 0 Å². The van der Waals surface area contributed by atoms with Crippen LogP contribution in [0.3, 0.4) is 0 Å². The summed E-state index contributed by atoms with van der Waals surface area (Å²) in [6, 6.07) is -0.571. The summed E-state index contributed by atoms with van der Waals surface area (Å²) >= 11 is 0. The maximum Gasteiger partial charge on any atom is 0.323 e. The third kappa shape index (κ3) is 4.19. The molecule has 2 unspecified atom stereocenters.